The summed E-state index contributed by atoms with van der Waals surface area (Å²) in [5.74, 6) is 0.569. The highest BCUT2D eigenvalue weighted by molar-refractivity contribution is 5.96. The molecule has 168 valence electrons. The molecule has 1 amide bonds. The first-order valence-electron chi connectivity index (χ1n) is 11.2. The number of hydrogen-bond donors (Lipinski definition) is 3. The van der Waals surface area contributed by atoms with E-state index in [9.17, 15) is 14.4 Å². The lowest BCUT2D eigenvalue weighted by molar-refractivity contribution is -0.898. The molecule has 2 aromatic rings. The molecule has 1 aromatic carbocycles. The van der Waals surface area contributed by atoms with Crippen molar-refractivity contribution in [2.45, 2.75) is 52.6 Å². The summed E-state index contributed by atoms with van der Waals surface area (Å²) >= 11 is 0. The van der Waals surface area contributed by atoms with Crippen LogP contribution >= 0.6 is 0 Å². The zero-order valence-corrected chi connectivity index (χ0v) is 18.5. The van der Waals surface area contributed by atoms with Crippen molar-refractivity contribution in [1.82, 2.24) is 9.55 Å². The van der Waals surface area contributed by atoms with Gasteiger partial charge in [-0.1, -0.05) is 50.6 Å². The summed E-state index contributed by atoms with van der Waals surface area (Å²) in [6.07, 6.45) is 3.81. The van der Waals surface area contributed by atoms with E-state index in [1.54, 1.807) is 0 Å². The number of aromatic amines is 1. The van der Waals surface area contributed by atoms with E-state index in [2.05, 4.69) is 11.9 Å². The second-order valence-electron chi connectivity index (χ2n) is 8.57. The summed E-state index contributed by atoms with van der Waals surface area (Å²) in [6.45, 7) is 7.05. The Bertz CT molecular complexity index is 991. The van der Waals surface area contributed by atoms with Crippen LogP contribution in [0.5, 0.6) is 0 Å². The maximum Gasteiger partial charge on any atom is 0.330 e. The van der Waals surface area contributed by atoms with Crippen molar-refractivity contribution >= 4 is 17.4 Å². The number of carbonyl (C=O) groups is 1. The van der Waals surface area contributed by atoms with Crippen molar-refractivity contribution in [1.29, 1.82) is 0 Å². The number of nitrogens with two attached hydrogens (primary N) is 1. The van der Waals surface area contributed by atoms with Crippen LogP contribution in [0, 0.1) is 5.92 Å². The number of nitrogens with one attached hydrogen (secondary N) is 2. The molecule has 0 aliphatic carbocycles. The van der Waals surface area contributed by atoms with Gasteiger partial charge in [0.05, 0.1) is 19.6 Å². The van der Waals surface area contributed by atoms with E-state index in [1.165, 1.54) is 14.4 Å². The highest BCUT2D eigenvalue weighted by Crippen LogP contribution is 2.20. The number of unbranched alkanes of at least 4 members (excludes halogenated alkanes) is 1. The predicted octanol–water partition coefficient (Wildman–Crippen LogP) is 0.767. The monoisotopic (exact) mass is 428 g/mol. The number of nitrogen functional groups attached to an aromatic ring is 1. The van der Waals surface area contributed by atoms with Crippen molar-refractivity contribution < 1.29 is 9.69 Å². The van der Waals surface area contributed by atoms with Crippen LogP contribution in [-0.4, -0.2) is 35.1 Å². The number of aromatic nitrogens is 2. The summed E-state index contributed by atoms with van der Waals surface area (Å²) in [4.78, 5) is 43.6. The van der Waals surface area contributed by atoms with E-state index in [4.69, 9.17) is 5.73 Å². The number of carbonyl (C=O) groups excluding carboxylic acids is 1. The number of nitrogens with zero attached hydrogens (tertiary/aromatic N) is 2. The zero-order chi connectivity index (χ0) is 22.4. The lowest BCUT2D eigenvalue weighted by atomic mass is 9.99. The first kappa shape index (κ1) is 22.8. The SMILES string of the molecule is CCCCn1c(N)c(N(Cc2ccccc2)C(=O)C[NH+]2CCC(C)CC2)c(=O)[nH]c1=O. The molecule has 1 aromatic heterocycles. The first-order chi connectivity index (χ1) is 14.9. The molecule has 4 N–H and O–H groups in total. The van der Waals surface area contributed by atoms with Crippen LogP contribution in [-0.2, 0) is 17.9 Å². The lowest BCUT2D eigenvalue weighted by Gasteiger charge is -2.30. The molecule has 0 radical (unpaired) electrons. The summed E-state index contributed by atoms with van der Waals surface area (Å²) in [7, 11) is 0. The standard InChI is InChI=1S/C23H33N5O3/c1-3-4-12-27-21(24)20(22(30)25-23(27)31)28(15-18-8-6-5-7-9-18)19(29)16-26-13-10-17(2)11-14-26/h5-9,17H,3-4,10-16,24H2,1-2H3,(H,25,30,31)/p+1. The molecule has 1 saturated heterocycles. The number of amides is 1. The van der Waals surface area contributed by atoms with Crippen LogP contribution in [0.25, 0.3) is 0 Å². The normalized spacial score (nSPS) is 18.6. The smallest absolute Gasteiger partial charge is 0.330 e. The van der Waals surface area contributed by atoms with Gasteiger partial charge in [-0.15, -0.1) is 0 Å². The second kappa shape index (κ2) is 10.4. The Morgan fingerprint density at radius 1 is 1.23 bits per heavy atom. The Hall–Kier alpha value is -2.87. The Labute approximate surface area is 182 Å². The van der Waals surface area contributed by atoms with Gasteiger partial charge < -0.3 is 10.6 Å². The molecule has 8 nitrogen and oxygen atoms in total. The molecule has 1 fully saturated rings. The molecule has 0 spiro atoms. The number of likely N-dealkylation sites (tertiary alicyclic amines) is 1. The van der Waals surface area contributed by atoms with Crippen LogP contribution in [0.1, 0.15) is 45.1 Å². The molecular weight excluding hydrogens is 394 g/mol. The highest BCUT2D eigenvalue weighted by atomic mass is 16.2. The minimum atomic E-state index is -0.623. The van der Waals surface area contributed by atoms with Gasteiger partial charge >= 0.3 is 5.69 Å². The molecule has 0 saturated carbocycles. The zero-order valence-electron chi connectivity index (χ0n) is 18.5. The van der Waals surface area contributed by atoms with Crippen molar-refractivity contribution in [3.8, 4) is 0 Å². The van der Waals surface area contributed by atoms with Gasteiger partial charge in [-0.25, -0.2) is 4.79 Å². The van der Waals surface area contributed by atoms with Crippen LogP contribution < -0.4 is 26.8 Å². The Morgan fingerprint density at radius 2 is 1.90 bits per heavy atom. The predicted molar refractivity (Wildman–Crippen MR) is 122 cm³/mol. The minimum absolute atomic E-state index is 0.0498. The van der Waals surface area contributed by atoms with E-state index in [0.717, 1.165) is 44.3 Å². The summed E-state index contributed by atoms with van der Waals surface area (Å²) in [5.41, 5.74) is 6.11. The highest BCUT2D eigenvalue weighted by Gasteiger charge is 2.29. The van der Waals surface area contributed by atoms with E-state index >= 15 is 0 Å². The first-order valence-corrected chi connectivity index (χ1v) is 11.2. The van der Waals surface area contributed by atoms with Gasteiger partial charge in [0, 0.05) is 6.54 Å². The summed E-state index contributed by atoms with van der Waals surface area (Å²) in [6, 6.07) is 9.51. The van der Waals surface area contributed by atoms with Gasteiger partial charge in [-0.3, -0.25) is 24.0 Å². The number of anilines is 2. The number of benzene rings is 1. The maximum absolute atomic E-state index is 13.4. The molecule has 1 aliphatic heterocycles. The summed E-state index contributed by atoms with van der Waals surface area (Å²) < 4.78 is 1.36. The van der Waals surface area contributed by atoms with Gasteiger partial charge in [-0.2, -0.15) is 0 Å². The quantitative estimate of drug-likeness (QED) is 0.577. The number of quaternary nitrogens is 1. The molecule has 2 heterocycles. The largest absolute Gasteiger partial charge is 0.383 e. The van der Waals surface area contributed by atoms with Crippen LogP contribution in [0.4, 0.5) is 11.5 Å². The average Bonchev–Trinajstić information content (AvgIpc) is 2.75. The van der Waals surface area contributed by atoms with Crippen molar-refractivity contribution in [2.24, 2.45) is 5.92 Å². The lowest BCUT2D eigenvalue weighted by Crippen LogP contribution is -3.14. The van der Waals surface area contributed by atoms with E-state index in [0.29, 0.717) is 19.0 Å². The Morgan fingerprint density at radius 3 is 2.55 bits per heavy atom. The molecule has 0 atom stereocenters. The molecular formula is C23H34N5O3+. The van der Waals surface area contributed by atoms with Crippen molar-refractivity contribution in [2.75, 3.05) is 30.3 Å². The Kier molecular flexibility index (Phi) is 7.68. The number of H-pyrrole nitrogens is 1. The molecule has 31 heavy (non-hydrogen) atoms. The fraction of sp³-hybridized carbons (Fsp3) is 0.522. The topological polar surface area (TPSA) is 106 Å². The molecule has 0 unspecified atom stereocenters. The fourth-order valence-corrected chi connectivity index (χ4v) is 4.09. The van der Waals surface area contributed by atoms with Crippen molar-refractivity contribution in [3.05, 3.63) is 56.7 Å². The summed E-state index contributed by atoms with van der Waals surface area (Å²) in [5, 5.41) is 0. The molecule has 8 heteroatoms. The van der Waals surface area contributed by atoms with Gasteiger partial charge in [0.15, 0.2) is 12.2 Å². The van der Waals surface area contributed by atoms with Crippen LogP contribution in [0.15, 0.2) is 39.9 Å². The maximum atomic E-state index is 13.4. The number of hydrogen-bond acceptors (Lipinski definition) is 4. The van der Waals surface area contributed by atoms with Gasteiger partial charge in [0.2, 0.25) is 0 Å². The second-order valence-corrected chi connectivity index (χ2v) is 8.57. The molecule has 0 bridgehead atoms. The number of rotatable bonds is 8. The van der Waals surface area contributed by atoms with E-state index in [-0.39, 0.29) is 24.0 Å². The Balaban J connectivity index is 1.97. The van der Waals surface area contributed by atoms with Crippen LogP contribution in [0.3, 0.4) is 0 Å². The van der Waals surface area contributed by atoms with Crippen LogP contribution in [0.2, 0.25) is 0 Å². The molecule has 1 aliphatic rings. The van der Waals surface area contributed by atoms with E-state index in [1.807, 2.05) is 37.3 Å². The third kappa shape index (κ3) is 5.64. The van der Waals surface area contributed by atoms with E-state index < -0.39 is 11.2 Å². The minimum Gasteiger partial charge on any atom is -0.383 e. The van der Waals surface area contributed by atoms with Gasteiger partial charge in [0.25, 0.3) is 11.5 Å². The number of piperidine rings is 1. The van der Waals surface area contributed by atoms with Gasteiger partial charge in [0.1, 0.15) is 5.82 Å². The molecule has 3 rings (SSSR count). The average molecular weight is 429 g/mol. The van der Waals surface area contributed by atoms with Crippen molar-refractivity contribution in [3.63, 3.8) is 0 Å². The fourth-order valence-electron chi connectivity index (χ4n) is 4.09. The third-order valence-corrected chi connectivity index (χ3v) is 6.09. The van der Waals surface area contributed by atoms with Gasteiger partial charge in [-0.05, 0) is 30.7 Å². The third-order valence-electron chi connectivity index (χ3n) is 6.09.